The first-order valence-corrected chi connectivity index (χ1v) is 5.47. The SMILES string of the molecule is N#CC1CN(C(=O)c2ccc(NN)cn2)CCO1. The summed E-state index contributed by atoms with van der Waals surface area (Å²) < 4.78 is 5.18. The number of hydrogen-bond acceptors (Lipinski definition) is 6. The normalized spacial score (nSPS) is 19.1. The molecule has 3 N–H and O–H groups in total. The molecule has 2 heterocycles. The van der Waals surface area contributed by atoms with Crippen LogP contribution in [0.15, 0.2) is 18.3 Å². The van der Waals surface area contributed by atoms with Gasteiger partial charge in [0.05, 0.1) is 31.1 Å². The summed E-state index contributed by atoms with van der Waals surface area (Å²) in [5.41, 5.74) is 3.39. The second kappa shape index (κ2) is 5.44. The first-order chi connectivity index (χ1) is 8.74. The maximum absolute atomic E-state index is 12.1. The number of nitrogens with zero attached hydrogens (tertiary/aromatic N) is 3. The second-order valence-corrected chi connectivity index (χ2v) is 3.82. The number of anilines is 1. The lowest BCUT2D eigenvalue weighted by Crippen LogP contribution is -2.45. The number of ether oxygens (including phenoxy) is 1. The van der Waals surface area contributed by atoms with Gasteiger partial charge in [0.1, 0.15) is 5.69 Å². The molecule has 1 atom stereocenters. The predicted molar refractivity (Wildman–Crippen MR) is 63.3 cm³/mol. The molecule has 94 valence electrons. The van der Waals surface area contributed by atoms with E-state index in [9.17, 15) is 4.79 Å². The summed E-state index contributed by atoms with van der Waals surface area (Å²) >= 11 is 0. The first-order valence-electron chi connectivity index (χ1n) is 5.47. The van der Waals surface area contributed by atoms with Gasteiger partial charge in [-0.25, -0.2) is 4.98 Å². The molecule has 7 heteroatoms. The molecule has 0 aliphatic carbocycles. The van der Waals surface area contributed by atoms with E-state index >= 15 is 0 Å². The van der Waals surface area contributed by atoms with Gasteiger partial charge in [-0.05, 0) is 12.1 Å². The largest absolute Gasteiger partial charge is 0.360 e. The van der Waals surface area contributed by atoms with Crippen LogP contribution in [0.5, 0.6) is 0 Å². The standard InChI is InChI=1S/C11H13N5O2/c12-5-9-7-16(3-4-18-9)11(17)10-2-1-8(15-13)6-14-10/h1-2,6,9,15H,3-4,7,13H2. The maximum Gasteiger partial charge on any atom is 0.272 e. The number of carbonyl (C=O) groups excluding carboxylic acids is 1. The van der Waals surface area contributed by atoms with Gasteiger partial charge in [0.25, 0.3) is 5.91 Å². The first kappa shape index (κ1) is 12.3. The lowest BCUT2D eigenvalue weighted by molar-refractivity contribution is 0.00320. The lowest BCUT2D eigenvalue weighted by Gasteiger charge is -2.29. The van der Waals surface area contributed by atoms with Gasteiger partial charge >= 0.3 is 0 Å². The smallest absolute Gasteiger partial charge is 0.272 e. The minimum absolute atomic E-state index is 0.206. The third kappa shape index (κ3) is 2.56. The van der Waals surface area contributed by atoms with Gasteiger partial charge < -0.3 is 15.1 Å². The van der Waals surface area contributed by atoms with E-state index < -0.39 is 6.10 Å². The number of nitrogen functional groups attached to an aromatic ring is 1. The summed E-state index contributed by atoms with van der Waals surface area (Å²) in [5.74, 6) is 5.01. The quantitative estimate of drug-likeness (QED) is 0.550. The van der Waals surface area contributed by atoms with Crippen molar-refractivity contribution >= 4 is 11.6 Å². The fourth-order valence-corrected chi connectivity index (χ4v) is 1.68. The van der Waals surface area contributed by atoms with Gasteiger partial charge in [-0.1, -0.05) is 0 Å². The zero-order valence-electron chi connectivity index (χ0n) is 9.67. The Bertz CT molecular complexity index is 467. The molecule has 1 unspecified atom stereocenters. The molecule has 0 bridgehead atoms. The van der Waals surface area contributed by atoms with Crippen molar-refractivity contribution in [3.63, 3.8) is 0 Å². The van der Waals surface area contributed by atoms with Crippen LogP contribution < -0.4 is 11.3 Å². The molecule has 7 nitrogen and oxygen atoms in total. The van der Waals surface area contributed by atoms with Crippen molar-refractivity contribution in [1.29, 1.82) is 5.26 Å². The highest BCUT2D eigenvalue weighted by Gasteiger charge is 2.25. The number of nitriles is 1. The molecular weight excluding hydrogens is 234 g/mol. The second-order valence-electron chi connectivity index (χ2n) is 3.82. The van der Waals surface area contributed by atoms with Crippen LogP contribution in [0.1, 0.15) is 10.5 Å². The molecule has 1 aliphatic heterocycles. The van der Waals surface area contributed by atoms with Gasteiger partial charge in [-0.15, -0.1) is 0 Å². The van der Waals surface area contributed by atoms with E-state index in [2.05, 4.69) is 10.4 Å². The molecule has 1 aliphatic rings. The van der Waals surface area contributed by atoms with Crippen LogP contribution in [-0.4, -0.2) is 41.6 Å². The average molecular weight is 247 g/mol. The predicted octanol–water partition coefficient (Wildman–Crippen LogP) is -0.268. The molecule has 0 radical (unpaired) electrons. The van der Waals surface area contributed by atoms with E-state index in [4.69, 9.17) is 15.8 Å². The van der Waals surface area contributed by atoms with Crippen LogP contribution in [0, 0.1) is 11.3 Å². The number of hydrazine groups is 1. The molecular formula is C11H13N5O2. The zero-order valence-corrected chi connectivity index (χ0v) is 9.67. The third-order valence-corrected chi connectivity index (χ3v) is 2.65. The Balaban J connectivity index is 2.08. The molecule has 0 aromatic carbocycles. The number of nitrogens with one attached hydrogen (secondary N) is 1. The minimum atomic E-state index is -0.562. The number of amides is 1. The van der Waals surface area contributed by atoms with E-state index in [0.717, 1.165) is 0 Å². The summed E-state index contributed by atoms with van der Waals surface area (Å²) in [4.78, 5) is 17.7. The van der Waals surface area contributed by atoms with Gasteiger partial charge in [0.2, 0.25) is 0 Å². The fraction of sp³-hybridized carbons (Fsp3) is 0.364. The number of rotatable bonds is 2. The van der Waals surface area contributed by atoms with Crippen molar-refractivity contribution < 1.29 is 9.53 Å². The highest BCUT2D eigenvalue weighted by Crippen LogP contribution is 2.10. The van der Waals surface area contributed by atoms with E-state index in [-0.39, 0.29) is 12.5 Å². The van der Waals surface area contributed by atoms with Crippen LogP contribution in [0.4, 0.5) is 5.69 Å². The van der Waals surface area contributed by atoms with E-state index in [1.807, 2.05) is 6.07 Å². The fourth-order valence-electron chi connectivity index (χ4n) is 1.68. The Hall–Kier alpha value is -2.17. The number of pyridine rings is 1. The molecule has 18 heavy (non-hydrogen) atoms. The monoisotopic (exact) mass is 247 g/mol. The molecule has 1 aromatic heterocycles. The van der Waals surface area contributed by atoms with Gasteiger partial charge in [-0.3, -0.25) is 10.6 Å². The summed E-state index contributed by atoms with van der Waals surface area (Å²) in [6.45, 7) is 1.11. The van der Waals surface area contributed by atoms with Crippen molar-refractivity contribution in [1.82, 2.24) is 9.88 Å². The Kier molecular flexibility index (Phi) is 3.72. The van der Waals surface area contributed by atoms with Crippen molar-refractivity contribution in [3.05, 3.63) is 24.0 Å². The molecule has 2 rings (SSSR count). The van der Waals surface area contributed by atoms with Crippen molar-refractivity contribution in [2.45, 2.75) is 6.10 Å². The highest BCUT2D eigenvalue weighted by atomic mass is 16.5. The zero-order chi connectivity index (χ0) is 13.0. The number of hydrogen-bond donors (Lipinski definition) is 2. The Morgan fingerprint density at radius 3 is 3.11 bits per heavy atom. The van der Waals surface area contributed by atoms with Gasteiger partial charge in [-0.2, -0.15) is 5.26 Å². The van der Waals surface area contributed by atoms with Crippen LogP contribution in [0.25, 0.3) is 0 Å². The van der Waals surface area contributed by atoms with Gasteiger partial charge in [0, 0.05) is 6.54 Å². The van der Waals surface area contributed by atoms with Crippen LogP contribution in [0.3, 0.4) is 0 Å². The van der Waals surface area contributed by atoms with Crippen molar-refractivity contribution in [2.24, 2.45) is 5.84 Å². The Labute approximate surface area is 104 Å². The maximum atomic E-state index is 12.1. The van der Waals surface area contributed by atoms with Crippen molar-refractivity contribution in [3.8, 4) is 6.07 Å². The molecule has 1 saturated heterocycles. The number of morpholine rings is 1. The van der Waals surface area contributed by atoms with E-state index in [0.29, 0.717) is 24.5 Å². The summed E-state index contributed by atoms with van der Waals surface area (Å²) in [7, 11) is 0. The van der Waals surface area contributed by atoms with Gasteiger partial charge in [0.15, 0.2) is 6.10 Å². The third-order valence-electron chi connectivity index (χ3n) is 2.65. The summed E-state index contributed by atoms with van der Waals surface area (Å²) in [6, 6.07) is 5.26. The average Bonchev–Trinajstić information content (AvgIpc) is 2.46. The summed E-state index contributed by atoms with van der Waals surface area (Å²) in [6.07, 6.45) is 0.919. The summed E-state index contributed by atoms with van der Waals surface area (Å²) in [5, 5.41) is 8.78. The number of aromatic nitrogens is 1. The molecule has 0 spiro atoms. The van der Waals surface area contributed by atoms with E-state index in [1.165, 1.54) is 6.20 Å². The highest BCUT2D eigenvalue weighted by molar-refractivity contribution is 5.92. The topological polar surface area (TPSA) is 104 Å². The van der Waals surface area contributed by atoms with E-state index in [1.54, 1.807) is 17.0 Å². The molecule has 1 fully saturated rings. The number of nitrogens with two attached hydrogens (primary N) is 1. The Morgan fingerprint density at radius 2 is 2.50 bits per heavy atom. The molecule has 1 aromatic rings. The van der Waals surface area contributed by atoms with Crippen LogP contribution in [-0.2, 0) is 4.74 Å². The lowest BCUT2D eigenvalue weighted by atomic mass is 10.2. The number of carbonyl (C=O) groups is 1. The molecule has 0 saturated carbocycles. The van der Waals surface area contributed by atoms with Crippen LogP contribution in [0.2, 0.25) is 0 Å². The van der Waals surface area contributed by atoms with Crippen LogP contribution >= 0.6 is 0 Å². The minimum Gasteiger partial charge on any atom is -0.360 e. The van der Waals surface area contributed by atoms with Crippen molar-refractivity contribution in [2.75, 3.05) is 25.1 Å². The Morgan fingerprint density at radius 1 is 1.67 bits per heavy atom. The molecule has 1 amide bonds.